The first-order valence-corrected chi connectivity index (χ1v) is 17.5. The van der Waals surface area contributed by atoms with Gasteiger partial charge in [-0.25, -0.2) is 4.79 Å². The van der Waals surface area contributed by atoms with Crippen molar-refractivity contribution in [3.8, 4) is 22.6 Å². The number of amides is 2. The highest BCUT2D eigenvalue weighted by molar-refractivity contribution is 5.95. The van der Waals surface area contributed by atoms with Gasteiger partial charge in [-0.05, 0) is 121 Å². The Hall–Kier alpha value is -5.16. The highest BCUT2D eigenvalue weighted by atomic mass is 19.4. The maximum absolute atomic E-state index is 13.7. The minimum atomic E-state index is -5.10. The normalized spacial score (nSPS) is 15.8. The summed E-state index contributed by atoms with van der Waals surface area (Å²) in [5, 5.41) is 3.11. The van der Waals surface area contributed by atoms with Crippen LogP contribution in [0.2, 0.25) is 0 Å². The molecule has 5 rings (SSSR count). The van der Waals surface area contributed by atoms with Crippen LogP contribution in [0, 0.1) is 11.8 Å². The van der Waals surface area contributed by atoms with E-state index in [2.05, 4.69) is 10.1 Å². The Balaban J connectivity index is 1.27. The number of esters is 1. The Morgan fingerprint density at radius 2 is 1.40 bits per heavy atom. The highest BCUT2D eigenvalue weighted by Gasteiger charge is 2.41. The lowest BCUT2D eigenvalue weighted by molar-refractivity contribution is -0.189. The minimum Gasteiger partial charge on any atom is -0.497 e. The number of ether oxygens (including phenoxy) is 2. The van der Waals surface area contributed by atoms with E-state index in [1.807, 2.05) is 54.6 Å². The van der Waals surface area contributed by atoms with Crippen LogP contribution in [0.15, 0.2) is 97.1 Å². The van der Waals surface area contributed by atoms with Gasteiger partial charge in [0.25, 0.3) is 5.91 Å². The fourth-order valence-electron chi connectivity index (χ4n) is 6.39. The van der Waals surface area contributed by atoms with Crippen molar-refractivity contribution in [2.45, 2.75) is 51.2 Å². The second-order valence-corrected chi connectivity index (χ2v) is 13.2. The van der Waals surface area contributed by atoms with Crippen molar-refractivity contribution in [3.63, 3.8) is 0 Å². The molecular weight excluding hydrogens is 671 g/mol. The zero-order valence-corrected chi connectivity index (χ0v) is 29.2. The number of carbonyl (C=O) groups is 3. The molecule has 4 aromatic carbocycles. The van der Waals surface area contributed by atoms with Crippen molar-refractivity contribution >= 4 is 17.8 Å². The molecule has 52 heavy (non-hydrogen) atoms. The number of benzene rings is 4. The number of carbonyl (C=O) groups excluding carboxylic acids is 3. The van der Waals surface area contributed by atoms with Gasteiger partial charge in [-0.2, -0.15) is 13.2 Å². The third-order valence-corrected chi connectivity index (χ3v) is 9.51. The summed E-state index contributed by atoms with van der Waals surface area (Å²) in [6.07, 6.45) is -0.176. The van der Waals surface area contributed by atoms with Crippen molar-refractivity contribution in [2.75, 3.05) is 26.7 Å². The molecule has 0 spiro atoms. The van der Waals surface area contributed by atoms with Gasteiger partial charge in [0.1, 0.15) is 11.5 Å². The number of alkyl halides is 3. The maximum Gasteiger partial charge on any atom is 0.491 e. The molecule has 1 aliphatic carbocycles. The van der Waals surface area contributed by atoms with Crippen LogP contribution in [0.3, 0.4) is 0 Å². The summed E-state index contributed by atoms with van der Waals surface area (Å²) in [4.78, 5) is 39.8. The predicted molar refractivity (Wildman–Crippen MR) is 193 cm³/mol. The SMILES string of the molecule is COc1ccc(CC(=O)N(CCc2ccc(OC(=O)C(F)(F)F)cc2)Cc2cccc(-c3cccc(C(=O)NCC4CCC(CN)CC4)c3)c2)cc1. The van der Waals surface area contributed by atoms with Gasteiger partial charge in [-0.3, -0.25) is 9.59 Å². The fourth-order valence-corrected chi connectivity index (χ4v) is 6.39. The fraction of sp³-hybridized carbons (Fsp3) is 0.341. The Kier molecular flexibility index (Phi) is 13.1. The zero-order chi connectivity index (χ0) is 37.1. The summed E-state index contributed by atoms with van der Waals surface area (Å²) in [5.74, 6) is -0.999. The molecule has 2 amide bonds. The lowest BCUT2D eigenvalue weighted by atomic mass is 9.82. The highest BCUT2D eigenvalue weighted by Crippen LogP contribution is 2.28. The zero-order valence-electron chi connectivity index (χ0n) is 29.2. The number of hydrogen-bond acceptors (Lipinski definition) is 6. The van der Waals surface area contributed by atoms with E-state index in [0.717, 1.165) is 60.0 Å². The van der Waals surface area contributed by atoms with E-state index in [1.54, 1.807) is 42.3 Å². The Bertz CT molecular complexity index is 1800. The van der Waals surface area contributed by atoms with Crippen LogP contribution >= 0.6 is 0 Å². The van der Waals surface area contributed by atoms with E-state index in [4.69, 9.17) is 10.5 Å². The molecule has 11 heteroatoms. The summed E-state index contributed by atoms with van der Waals surface area (Å²) in [6, 6.07) is 28.3. The van der Waals surface area contributed by atoms with E-state index >= 15 is 0 Å². The topological polar surface area (TPSA) is 111 Å². The number of nitrogens with one attached hydrogen (secondary N) is 1. The lowest BCUT2D eigenvalue weighted by Gasteiger charge is -2.27. The first-order chi connectivity index (χ1) is 25.0. The maximum atomic E-state index is 13.7. The molecule has 4 aromatic rings. The number of nitrogens with zero attached hydrogens (tertiary/aromatic N) is 1. The Morgan fingerprint density at radius 1 is 0.788 bits per heavy atom. The monoisotopic (exact) mass is 715 g/mol. The molecular formula is C41H44F3N3O5. The summed E-state index contributed by atoms with van der Waals surface area (Å²) < 4.78 is 47.5. The van der Waals surface area contributed by atoms with E-state index in [-0.39, 0.29) is 24.0 Å². The summed E-state index contributed by atoms with van der Waals surface area (Å²) >= 11 is 0. The molecule has 0 radical (unpaired) electrons. The molecule has 8 nitrogen and oxygen atoms in total. The van der Waals surface area contributed by atoms with Gasteiger partial charge in [0.15, 0.2) is 0 Å². The smallest absolute Gasteiger partial charge is 0.491 e. The standard InChI is InChI=1S/C41H44F3N3O5/c1-51-36-16-14-29(15-17-36)23-38(48)47(21-20-28-12-18-37(19-13-28)52-40(50)41(42,43)44)27-32-4-2-5-33(22-32)34-6-3-7-35(24-34)39(49)46-26-31-10-8-30(25-45)9-11-31/h2-7,12-19,22,24,30-31H,8-11,20-21,23,25-27,45H2,1H3,(H,46,49). The number of hydrogen-bond donors (Lipinski definition) is 2. The Labute approximate surface area is 302 Å². The van der Waals surface area contributed by atoms with Gasteiger partial charge in [0.05, 0.1) is 13.5 Å². The first-order valence-electron chi connectivity index (χ1n) is 17.5. The van der Waals surface area contributed by atoms with E-state index in [1.165, 1.54) is 12.1 Å². The molecule has 1 aliphatic rings. The average molecular weight is 716 g/mol. The average Bonchev–Trinajstić information content (AvgIpc) is 3.16. The van der Waals surface area contributed by atoms with Gasteiger partial charge < -0.3 is 25.4 Å². The van der Waals surface area contributed by atoms with Crippen LogP contribution in [-0.2, 0) is 29.0 Å². The number of nitrogens with two attached hydrogens (primary N) is 1. The van der Waals surface area contributed by atoms with Crippen molar-refractivity contribution in [2.24, 2.45) is 17.6 Å². The molecule has 1 fully saturated rings. The lowest BCUT2D eigenvalue weighted by Crippen LogP contribution is -2.33. The minimum absolute atomic E-state index is 0.110. The number of halogens is 3. The van der Waals surface area contributed by atoms with Crippen molar-refractivity contribution in [1.82, 2.24) is 10.2 Å². The molecule has 3 N–H and O–H groups in total. The van der Waals surface area contributed by atoms with Gasteiger partial charge in [-0.15, -0.1) is 0 Å². The van der Waals surface area contributed by atoms with Crippen LogP contribution in [-0.4, -0.2) is 55.6 Å². The van der Waals surface area contributed by atoms with Gasteiger partial charge in [0, 0.05) is 25.2 Å². The number of methoxy groups -OCH3 is 1. The van der Waals surface area contributed by atoms with Crippen LogP contribution in [0.4, 0.5) is 13.2 Å². The molecule has 1 saturated carbocycles. The molecule has 0 aliphatic heterocycles. The molecule has 274 valence electrons. The van der Waals surface area contributed by atoms with Crippen molar-refractivity contribution in [1.29, 1.82) is 0 Å². The van der Waals surface area contributed by atoms with Crippen LogP contribution in [0.1, 0.15) is 52.7 Å². The van der Waals surface area contributed by atoms with Crippen LogP contribution in [0.5, 0.6) is 11.5 Å². The van der Waals surface area contributed by atoms with E-state index in [9.17, 15) is 27.6 Å². The predicted octanol–water partition coefficient (Wildman–Crippen LogP) is 7.14. The molecule has 0 bridgehead atoms. The second kappa shape index (κ2) is 17.9. The quantitative estimate of drug-likeness (QED) is 0.106. The molecule has 0 unspecified atom stereocenters. The van der Waals surface area contributed by atoms with Gasteiger partial charge in [-0.1, -0.05) is 54.6 Å². The van der Waals surface area contributed by atoms with Crippen molar-refractivity contribution < 1.29 is 37.0 Å². The summed E-state index contributed by atoms with van der Waals surface area (Å²) in [6.45, 7) is 1.99. The first kappa shape index (κ1) is 38.1. The van der Waals surface area contributed by atoms with Crippen LogP contribution < -0.4 is 20.5 Å². The van der Waals surface area contributed by atoms with E-state index in [0.29, 0.717) is 49.2 Å². The third-order valence-electron chi connectivity index (χ3n) is 9.51. The van der Waals surface area contributed by atoms with Gasteiger partial charge in [0.2, 0.25) is 5.91 Å². The molecule has 0 aromatic heterocycles. The second-order valence-electron chi connectivity index (χ2n) is 13.2. The summed E-state index contributed by atoms with van der Waals surface area (Å²) in [7, 11) is 1.57. The molecule has 0 atom stereocenters. The molecule has 0 saturated heterocycles. The van der Waals surface area contributed by atoms with E-state index < -0.39 is 12.1 Å². The number of rotatable bonds is 14. The molecule has 0 heterocycles. The van der Waals surface area contributed by atoms with Gasteiger partial charge >= 0.3 is 12.1 Å². The third kappa shape index (κ3) is 10.9. The van der Waals surface area contributed by atoms with Crippen LogP contribution in [0.25, 0.3) is 11.1 Å². The summed E-state index contributed by atoms with van der Waals surface area (Å²) in [5.41, 5.74) is 10.6. The Morgan fingerprint density at radius 3 is 2.06 bits per heavy atom. The van der Waals surface area contributed by atoms with Crippen molar-refractivity contribution in [3.05, 3.63) is 119 Å². The largest absolute Gasteiger partial charge is 0.497 e.